The fraction of sp³-hybridized carbons (Fsp3) is 0.304. The summed E-state index contributed by atoms with van der Waals surface area (Å²) >= 11 is 0. The maximum absolute atomic E-state index is 16.1. The number of aromatic nitrogens is 1. The van der Waals surface area contributed by atoms with Crippen LogP contribution < -0.4 is 10.5 Å². The highest BCUT2D eigenvalue weighted by molar-refractivity contribution is 5.76. The highest BCUT2D eigenvalue weighted by Crippen LogP contribution is 2.53. The van der Waals surface area contributed by atoms with Crippen molar-refractivity contribution in [2.45, 2.75) is 11.2 Å². The van der Waals surface area contributed by atoms with Gasteiger partial charge in [0.1, 0.15) is 12.4 Å². The average molecular weight is 435 g/mol. The molecule has 0 radical (unpaired) electrons. The number of ether oxygens (including phenoxy) is 3. The third-order valence-electron chi connectivity index (χ3n) is 6.43. The number of morpholine rings is 1. The van der Waals surface area contributed by atoms with Gasteiger partial charge in [0.05, 0.1) is 25.1 Å². The molecule has 6 rings (SSSR count). The highest BCUT2D eigenvalue weighted by Gasteiger charge is 2.55. The predicted octanol–water partition coefficient (Wildman–Crippen LogP) is 2.17. The van der Waals surface area contributed by atoms with E-state index >= 15 is 4.48 Å². The van der Waals surface area contributed by atoms with Crippen molar-refractivity contribution in [3.05, 3.63) is 83.5 Å². The molecule has 0 saturated carbocycles. The number of para-hydroxylation sites is 1. The molecular formula is C23H22FN5O3. The second-order valence-corrected chi connectivity index (χ2v) is 8.10. The van der Waals surface area contributed by atoms with Crippen LogP contribution in [0.15, 0.2) is 77.3 Å². The summed E-state index contributed by atoms with van der Waals surface area (Å²) in [7, 11) is 0. The maximum atomic E-state index is 16.1. The Morgan fingerprint density at radius 2 is 1.88 bits per heavy atom. The molecule has 2 unspecified atom stereocenters. The van der Waals surface area contributed by atoms with E-state index in [1.165, 1.54) is 6.20 Å². The molecule has 5 heterocycles. The number of halogens is 1. The molecular weight excluding hydrogens is 413 g/mol. The van der Waals surface area contributed by atoms with Crippen LogP contribution in [-0.4, -0.2) is 53.9 Å². The lowest BCUT2D eigenvalue weighted by atomic mass is 9.77. The van der Waals surface area contributed by atoms with Crippen molar-refractivity contribution in [3.63, 3.8) is 0 Å². The first-order valence-electron chi connectivity index (χ1n) is 10.5. The molecule has 1 aromatic carbocycles. The molecule has 2 aromatic rings. The van der Waals surface area contributed by atoms with Gasteiger partial charge in [-0.2, -0.15) is 5.12 Å². The van der Waals surface area contributed by atoms with Crippen LogP contribution in [0.1, 0.15) is 11.3 Å². The Hall–Kier alpha value is -3.43. The lowest BCUT2D eigenvalue weighted by molar-refractivity contribution is -0.140. The number of nitrogens with two attached hydrogens (primary N) is 1. The molecule has 0 amide bonds. The highest BCUT2D eigenvalue weighted by atomic mass is 19.2. The van der Waals surface area contributed by atoms with Crippen molar-refractivity contribution < 1.29 is 18.7 Å². The zero-order valence-electron chi connectivity index (χ0n) is 17.3. The van der Waals surface area contributed by atoms with Crippen LogP contribution in [0.5, 0.6) is 5.75 Å². The third kappa shape index (κ3) is 2.61. The molecule has 0 bridgehead atoms. The molecule has 32 heavy (non-hydrogen) atoms. The summed E-state index contributed by atoms with van der Waals surface area (Å²) in [5, 5.41) is 0.671. The van der Waals surface area contributed by atoms with Gasteiger partial charge in [-0.1, -0.05) is 28.7 Å². The largest absolute Gasteiger partial charge is 0.462 e. The van der Waals surface area contributed by atoms with Gasteiger partial charge in [-0.15, -0.1) is 0 Å². The minimum absolute atomic E-state index is 0.0967. The SMILES string of the molecule is NC1=NC2(CO1)C1=CC(c3ccccn3)(N3CCOCC3)N(F)C=C1Oc1ccccc12. The van der Waals surface area contributed by atoms with E-state index < -0.39 is 11.2 Å². The van der Waals surface area contributed by atoms with E-state index in [0.29, 0.717) is 54.2 Å². The van der Waals surface area contributed by atoms with Gasteiger partial charge in [-0.3, -0.25) is 9.88 Å². The standard InChI is InChI=1S/C23H22FN5O3/c24-29-14-19-17(22(15-31-21(25)27-22)16-5-1-2-6-18(16)32-19)13-23(29,20-7-3-4-8-26-20)28-9-11-30-12-10-28/h1-8,13-14H,9-12,15H2,(H2,25,27). The summed E-state index contributed by atoms with van der Waals surface area (Å²) in [6.45, 7) is 2.28. The summed E-state index contributed by atoms with van der Waals surface area (Å²) in [5.74, 6) is 0.969. The number of rotatable bonds is 2. The summed E-state index contributed by atoms with van der Waals surface area (Å²) in [6.07, 6.45) is 4.90. The number of hydrogen-bond acceptors (Lipinski definition) is 8. The van der Waals surface area contributed by atoms with Crippen LogP contribution in [0.2, 0.25) is 0 Å². The van der Waals surface area contributed by atoms with Crippen LogP contribution in [0.4, 0.5) is 4.48 Å². The van der Waals surface area contributed by atoms with Crippen molar-refractivity contribution >= 4 is 6.02 Å². The van der Waals surface area contributed by atoms with Crippen LogP contribution in [-0.2, 0) is 20.7 Å². The fourth-order valence-electron chi connectivity index (χ4n) is 4.93. The van der Waals surface area contributed by atoms with Crippen molar-refractivity contribution in [2.75, 3.05) is 32.9 Å². The number of benzene rings is 1. The monoisotopic (exact) mass is 435 g/mol. The summed E-state index contributed by atoms with van der Waals surface area (Å²) < 4.78 is 33.4. The quantitative estimate of drug-likeness (QED) is 0.724. The lowest BCUT2D eigenvalue weighted by Gasteiger charge is -2.49. The maximum Gasteiger partial charge on any atom is 0.283 e. The predicted molar refractivity (Wildman–Crippen MR) is 114 cm³/mol. The average Bonchev–Trinajstić information content (AvgIpc) is 3.22. The molecule has 4 aliphatic rings. The van der Waals surface area contributed by atoms with Gasteiger partial charge in [0.15, 0.2) is 17.0 Å². The molecule has 164 valence electrons. The molecule has 4 aliphatic heterocycles. The smallest absolute Gasteiger partial charge is 0.283 e. The number of amidine groups is 1. The molecule has 1 aromatic heterocycles. The van der Waals surface area contributed by atoms with Gasteiger partial charge < -0.3 is 19.9 Å². The van der Waals surface area contributed by atoms with E-state index in [9.17, 15) is 0 Å². The topological polar surface area (TPSA) is 85.4 Å². The fourth-order valence-corrected chi connectivity index (χ4v) is 4.93. The van der Waals surface area contributed by atoms with Gasteiger partial charge in [0.25, 0.3) is 6.02 Å². The van der Waals surface area contributed by atoms with Gasteiger partial charge in [0.2, 0.25) is 0 Å². The van der Waals surface area contributed by atoms with Crippen molar-refractivity contribution in [2.24, 2.45) is 10.7 Å². The molecule has 1 spiro atoms. The number of aliphatic imine (C=N–C) groups is 1. The Bertz CT molecular complexity index is 1150. The van der Waals surface area contributed by atoms with E-state index in [1.54, 1.807) is 6.20 Å². The number of pyridine rings is 1. The van der Waals surface area contributed by atoms with E-state index in [2.05, 4.69) is 4.98 Å². The van der Waals surface area contributed by atoms with Gasteiger partial charge in [-0.05, 0) is 24.3 Å². The Morgan fingerprint density at radius 3 is 2.62 bits per heavy atom. The Kier molecular flexibility index (Phi) is 4.24. The van der Waals surface area contributed by atoms with Crippen molar-refractivity contribution in [3.8, 4) is 5.75 Å². The molecule has 0 aliphatic carbocycles. The minimum Gasteiger partial charge on any atom is -0.462 e. The molecule has 2 atom stereocenters. The van der Waals surface area contributed by atoms with E-state index in [0.717, 1.165) is 5.56 Å². The molecule has 2 N–H and O–H groups in total. The lowest BCUT2D eigenvalue weighted by Crippen LogP contribution is -2.58. The second kappa shape index (κ2) is 7.04. The van der Waals surface area contributed by atoms with Crippen LogP contribution in [0.25, 0.3) is 0 Å². The Labute approximate surface area is 184 Å². The van der Waals surface area contributed by atoms with Crippen LogP contribution >= 0.6 is 0 Å². The van der Waals surface area contributed by atoms with Gasteiger partial charge >= 0.3 is 0 Å². The van der Waals surface area contributed by atoms with Crippen LogP contribution in [0.3, 0.4) is 0 Å². The Balaban J connectivity index is 1.61. The zero-order valence-corrected chi connectivity index (χ0v) is 17.3. The molecule has 1 fully saturated rings. The van der Waals surface area contributed by atoms with Gasteiger partial charge in [-0.25, -0.2) is 4.99 Å². The van der Waals surface area contributed by atoms with E-state index in [4.69, 9.17) is 24.9 Å². The number of fused-ring (bicyclic) bond motifs is 4. The molecule has 8 nitrogen and oxygen atoms in total. The van der Waals surface area contributed by atoms with E-state index in [-0.39, 0.29) is 12.6 Å². The van der Waals surface area contributed by atoms with Crippen molar-refractivity contribution in [1.82, 2.24) is 15.0 Å². The van der Waals surface area contributed by atoms with Gasteiger partial charge in [0, 0.05) is 30.4 Å². The number of nitrogens with zero attached hydrogens (tertiary/aromatic N) is 4. The first-order chi connectivity index (χ1) is 15.6. The minimum atomic E-state index is -1.29. The number of hydrogen-bond donors (Lipinski definition) is 1. The molecule has 9 heteroatoms. The second-order valence-electron chi connectivity index (χ2n) is 8.10. The summed E-state index contributed by atoms with van der Waals surface area (Å²) in [5.41, 5.74) is 5.84. The first-order valence-corrected chi connectivity index (χ1v) is 10.5. The summed E-state index contributed by atoms with van der Waals surface area (Å²) in [6, 6.07) is 13.2. The summed E-state index contributed by atoms with van der Waals surface area (Å²) in [4.78, 5) is 11.3. The first kappa shape index (κ1) is 19.3. The van der Waals surface area contributed by atoms with Crippen LogP contribution in [0, 0.1) is 0 Å². The van der Waals surface area contributed by atoms with Crippen molar-refractivity contribution in [1.29, 1.82) is 0 Å². The zero-order chi connectivity index (χ0) is 21.8. The normalized spacial score (nSPS) is 29.3. The third-order valence-corrected chi connectivity index (χ3v) is 6.43. The molecule has 1 saturated heterocycles. The van der Waals surface area contributed by atoms with E-state index in [1.807, 2.05) is 53.4 Å². The Morgan fingerprint density at radius 1 is 1.06 bits per heavy atom.